The molecule has 6 rings (SSSR count). The Morgan fingerprint density at radius 2 is 1.85 bits per heavy atom. The monoisotopic (exact) mass is 530 g/mol. The lowest BCUT2D eigenvalue weighted by atomic mass is 10.0. The van der Waals surface area contributed by atoms with E-state index in [2.05, 4.69) is 32.3 Å². The van der Waals surface area contributed by atoms with Gasteiger partial charge in [0.2, 0.25) is 0 Å². The minimum atomic E-state index is -0.0881. The predicted molar refractivity (Wildman–Crippen MR) is 146 cm³/mol. The van der Waals surface area contributed by atoms with Crippen molar-refractivity contribution < 1.29 is 14.2 Å². The molecule has 204 valence electrons. The number of hydrogen-bond donors (Lipinski definition) is 1. The maximum absolute atomic E-state index is 13.3. The molecule has 39 heavy (non-hydrogen) atoms. The zero-order valence-corrected chi connectivity index (χ0v) is 22.4. The second kappa shape index (κ2) is 11.1. The van der Waals surface area contributed by atoms with Crippen molar-refractivity contribution in [2.45, 2.75) is 64.2 Å². The largest absolute Gasteiger partial charge is 0.497 e. The molecule has 1 fully saturated rings. The van der Waals surface area contributed by atoms with Crippen LogP contribution in [0.1, 0.15) is 62.0 Å². The Bertz CT molecular complexity index is 1490. The number of H-pyrrole nitrogens is 1. The third-order valence-electron chi connectivity index (χ3n) is 7.87. The van der Waals surface area contributed by atoms with Gasteiger partial charge in [-0.2, -0.15) is 0 Å². The van der Waals surface area contributed by atoms with Gasteiger partial charge in [0.15, 0.2) is 17.3 Å². The van der Waals surface area contributed by atoms with Crippen molar-refractivity contribution in [3.8, 4) is 17.2 Å². The van der Waals surface area contributed by atoms with Crippen molar-refractivity contribution in [2.24, 2.45) is 0 Å². The molecule has 1 saturated carbocycles. The number of pyridine rings is 1. The first kappa shape index (κ1) is 25.4. The molecule has 3 heterocycles. The van der Waals surface area contributed by atoms with Crippen molar-refractivity contribution >= 4 is 10.9 Å². The van der Waals surface area contributed by atoms with Crippen LogP contribution >= 0.6 is 0 Å². The second-order valence-electron chi connectivity index (χ2n) is 10.3. The molecule has 1 aliphatic heterocycles. The minimum absolute atomic E-state index is 0.0308. The Labute approximate surface area is 226 Å². The Hall–Kier alpha value is -3.92. The van der Waals surface area contributed by atoms with Crippen LogP contribution in [0.2, 0.25) is 0 Å². The molecule has 10 heteroatoms. The summed E-state index contributed by atoms with van der Waals surface area (Å²) in [5.74, 6) is 3.01. The summed E-state index contributed by atoms with van der Waals surface area (Å²) in [7, 11) is 1.66. The van der Waals surface area contributed by atoms with Crippen molar-refractivity contribution in [1.29, 1.82) is 0 Å². The molecule has 0 saturated heterocycles. The van der Waals surface area contributed by atoms with Crippen molar-refractivity contribution in [3.63, 3.8) is 0 Å². The van der Waals surface area contributed by atoms with Gasteiger partial charge in [0.1, 0.15) is 19.0 Å². The third kappa shape index (κ3) is 5.21. The van der Waals surface area contributed by atoms with Crippen LogP contribution in [0, 0.1) is 0 Å². The fourth-order valence-electron chi connectivity index (χ4n) is 5.86. The first-order valence-electron chi connectivity index (χ1n) is 13.7. The van der Waals surface area contributed by atoms with Crippen LogP contribution < -0.4 is 19.8 Å². The summed E-state index contributed by atoms with van der Waals surface area (Å²) in [5, 5.41) is 13.8. The average molecular weight is 531 g/mol. The van der Waals surface area contributed by atoms with Crippen LogP contribution in [0.15, 0.2) is 47.3 Å². The average Bonchev–Trinajstić information content (AvgIpc) is 3.66. The van der Waals surface area contributed by atoms with E-state index >= 15 is 0 Å². The Kier molecular flexibility index (Phi) is 7.19. The van der Waals surface area contributed by atoms with Crippen LogP contribution in [0.4, 0.5) is 0 Å². The second-order valence-corrected chi connectivity index (χ2v) is 10.3. The number of hydrogen-bond acceptors (Lipinski definition) is 8. The number of tetrazole rings is 1. The highest BCUT2D eigenvalue weighted by atomic mass is 16.6. The highest BCUT2D eigenvalue weighted by Crippen LogP contribution is 2.36. The van der Waals surface area contributed by atoms with E-state index in [1.807, 2.05) is 47.1 Å². The molecular weight excluding hydrogens is 496 g/mol. The van der Waals surface area contributed by atoms with Gasteiger partial charge in [-0.15, -0.1) is 5.10 Å². The van der Waals surface area contributed by atoms with E-state index in [-0.39, 0.29) is 11.6 Å². The Balaban J connectivity index is 1.32. The van der Waals surface area contributed by atoms with E-state index < -0.39 is 0 Å². The smallest absolute Gasteiger partial charge is 0.252 e. The van der Waals surface area contributed by atoms with Crippen LogP contribution in [-0.2, 0) is 13.1 Å². The van der Waals surface area contributed by atoms with Crippen molar-refractivity contribution in [2.75, 3.05) is 20.3 Å². The van der Waals surface area contributed by atoms with Gasteiger partial charge in [-0.3, -0.25) is 9.69 Å². The molecule has 4 aromatic rings. The summed E-state index contributed by atoms with van der Waals surface area (Å²) in [6.45, 7) is 4.26. The Morgan fingerprint density at radius 3 is 2.56 bits per heavy atom. The molecule has 0 bridgehead atoms. The normalized spacial score (nSPS) is 16.2. The van der Waals surface area contributed by atoms with Gasteiger partial charge in [-0.05, 0) is 59.5 Å². The van der Waals surface area contributed by atoms with Crippen LogP contribution in [0.5, 0.6) is 17.2 Å². The maximum Gasteiger partial charge on any atom is 0.252 e. The van der Waals surface area contributed by atoms with E-state index in [4.69, 9.17) is 14.2 Å². The summed E-state index contributed by atoms with van der Waals surface area (Å²) >= 11 is 0. The number of rotatable bonds is 9. The van der Waals surface area contributed by atoms with Crippen LogP contribution in [0.3, 0.4) is 0 Å². The quantitative estimate of drug-likeness (QED) is 0.343. The molecule has 1 N–H and O–H groups in total. The molecule has 2 aliphatic rings. The summed E-state index contributed by atoms with van der Waals surface area (Å²) in [4.78, 5) is 18.8. The summed E-state index contributed by atoms with van der Waals surface area (Å²) in [5.41, 5.74) is 2.47. The lowest BCUT2D eigenvalue weighted by Gasteiger charge is -2.35. The molecule has 0 radical (unpaired) electrons. The van der Waals surface area contributed by atoms with Gasteiger partial charge in [-0.1, -0.05) is 31.9 Å². The zero-order valence-electron chi connectivity index (χ0n) is 22.4. The molecule has 10 nitrogen and oxygen atoms in total. The molecule has 0 unspecified atom stereocenters. The SMILES string of the molecule is CC[C@@H](c1nnnn1Cc1ccc(OC)cc1)N(Cc1cc2cc3c(cc2[nH]c1=O)OCCO3)C1CCCC1. The van der Waals surface area contributed by atoms with Gasteiger partial charge in [0.25, 0.3) is 5.56 Å². The van der Waals surface area contributed by atoms with E-state index in [1.165, 1.54) is 12.8 Å². The molecule has 2 aromatic heterocycles. The van der Waals surface area contributed by atoms with Gasteiger partial charge in [0, 0.05) is 29.6 Å². The van der Waals surface area contributed by atoms with E-state index in [0.29, 0.717) is 43.8 Å². The van der Waals surface area contributed by atoms with Gasteiger partial charge in [0.05, 0.1) is 25.2 Å². The predicted octanol–water partition coefficient (Wildman–Crippen LogP) is 4.24. The van der Waals surface area contributed by atoms with Crippen molar-refractivity contribution in [1.82, 2.24) is 30.1 Å². The number of benzene rings is 2. The standard InChI is InChI=1S/C29H34N6O4/c1-3-25(28-31-32-33-35(28)17-19-8-10-23(37-2)11-9-19)34(22-6-4-5-7-22)18-21-14-20-15-26-27(39-13-12-38-26)16-24(20)30-29(21)36/h8-11,14-16,22,25H,3-7,12-13,17-18H2,1-2H3,(H,30,36)/t25-/m0/s1. The van der Waals surface area contributed by atoms with Crippen LogP contribution in [-0.4, -0.2) is 56.5 Å². The van der Waals surface area contributed by atoms with Gasteiger partial charge >= 0.3 is 0 Å². The first-order valence-corrected chi connectivity index (χ1v) is 13.7. The van der Waals surface area contributed by atoms with Gasteiger partial charge < -0.3 is 19.2 Å². The number of ether oxygens (including phenoxy) is 3. The summed E-state index contributed by atoms with van der Waals surface area (Å²) in [6, 6.07) is 14.1. The number of aromatic nitrogens is 5. The zero-order chi connectivity index (χ0) is 26.8. The molecule has 2 aromatic carbocycles. The fraction of sp³-hybridized carbons (Fsp3) is 0.448. The molecular formula is C29H34N6O4. The molecule has 0 spiro atoms. The topological polar surface area (TPSA) is 107 Å². The number of aromatic amines is 1. The van der Waals surface area contributed by atoms with E-state index in [1.54, 1.807) is 7.11 Å². The first-order chi connectivity index (χ1) is 19.1. The fourth-order valence-corrected chi connectivity index (χ4v) is 5.86. The van der Waals surface area contributed by atoms with E-state index in [0.717, 1.165) is 52.9 Å². The highest BCUT2D eigenvalue weighted by molar-refractivity contribution is 5.83. The highest BCUT2D eigenvalue weighted by Gasteiger charge is 2.32. The lowest BCUT2D eigenvalue weighted by molar-refractivity contribution is 0.112. The Morgan fingerprint density at radius 1 is 1.10 bits per heavy atom. The third-order valence-corrected chi connectivity index (χ3v) is 7.87. The van der Waals surface area contributed by atoms with Crippen LogP contribution in [0.25, 0.3) is 10.9 Å². The van der Waals surface area contributed by atoms with E-state index in [9.17, 15) is 4.79 Å². The number of nitrogens with one attached hydrogen (secondary N) is 1. The maximum atomic E-state index is 13.3. The number of methoxy groups -OCH3 is 1. The number of nitrogens with zero attached hydrogens (tertiary/aromatic N) is 5. The molecule has 1 aliphatic carbocycles. The molecule has 1 atom stereocenters. The molecule has 0 amide bonds. The van der Waals surface area contributed by atoms with Gasteiger partial charge in [-0.25, -0.2) is 4.68 Å². The summed E-state index contributed by atoms with van der Waals surface area (Å²) < 4.78 is 18.7. The lowest BCUT2D eigenvalue weighted by Crippen LogP contribution is -2.39. The number of fused-ring (bicyclic) bond motifs is 2. The minimum Gasteiger partial charge on any atom is -0.497 e. The van der Waals surface area contributed by atoms with Crippen molar-refractivity contribution in [3.05, 3.63) is 69.8 Å². The summed E-state index contributed by atoms with van der Waals surface area (Å²) in [6.07, 6.45) is 5.39.